The summed E-state index contributed by atoms with van der Waals surface area (Å²) in [5.41, 5.74) is 6.92. The number of carbonyl (C=O) groups excluding carboxylic acids is 1. The fourth-order valence-corrected chi connectivity index (χ4v) is 3.01. The van der Waals surface area contributed by atoms with Crippen molar-refractivity contribution in [3.63, 3.8) is 0 Å². The molecule has 1 saturated heterocycles. The van der Waals surface area contributed by atoms with Crippen LogP contribution in [-0.2, 0) is 6.42 Å². The summed E-state index contributed by atoms with van der Waals surface area (Å²) >= 11 is 0. The van der Waals surface area contributed by atoms with Gasteiger partial charge in [0.1, 0.15) is 5.82 Å². The highest BCUT2D eigenvalue weighted by Crippen LogP contribution is 2.34. The molecule has 0 aliphatic carbocycles. The Bertz CT molecular complexity index is 817. The van der Waals surface area contributed by atoms with Crippen LogP contribution in [0, 0.1) is 17.1 Å². The first-order valence-electron chi connectivity index (χ1n) is 7.64. The molecule has 1 aromatic carbocycles. The van der Waals surface area contributed by atoms with Crippen molar-refractivity contribution in [1.82, 2.24) is 14.9 Å². The van der Waals surface area contributed by atoms with Crippen LogP contribution >= 0.6 is 0 Å². The van der Waals surface area contributed by atoms with Crippen molar-refractivity contribution in [2.24, 2.45) is 0 Å². The Kier molecular flexibility index (Phi) is 4.38. The molecule has 0 radical (unpaired) electrons. The van der Waals surface area contributed by atoms with Gasteiger partial charge in [-0.15, -0.1) is 0 Å². The second-order valence-corrected chi connectivity index (χ2v) is 5.63. The van der Waals surface area contributed by atoms with Gasteiger partial charge in [-0.05, 0) is 24.5 Å². The third-order valence-electron chi connectivity index (χ3n) is 4.17. The number of amides is 1. The Labute approximate surface area is 138 Å². The van der Waals surface area contributed by atoms with E-state index in [0.29, 0.717) is 17.7 Å². The lowest BCUT2D eigenvalue weighted by molar-refractivity contribution is 0.0730. The molecule has 0 spiro atoms. The molecule has 2 heterocycles. The van der Waals surface area contributed by atoms with Crippen LogP contribution in [0.4, 0.5) is 10.2 Å². The number of likely N-dealkylation sites (tertiary alicyclic amines) is 1. The quantitative estimate of drug-likeness (QED) is 0.933. The highest BCUT2D eigenvalue weighted by molar-refractivity contribution is 5.96. The summed E-state index contributed by atoms with van der Waals surface area (Å²) < 4.78 is 14.1. The van der Waals surface area contributed by atoms with Gasteiger partial charge in [0.15, 0.2) is 11.5 Å². The highest BCUT2D eigenvalue weighted by Gasteiger charge is 2.32. The van der Waals surface area contributed by atoms with Crippen LogP contribution in [-0.4, -0.2) is 27.3 Å². The maximum Gasteiger partial charge on any atom is 0.276 e. The molecule has 7 heteroatoms. The molecule has 2 aromatic rings. The number of rotatable bonds is 3. The summed E-state index contributed by atoms with van der Waals surface area (Å²) in [4.78, 5) is 22.3. The molecule has 1 aliphatic rings. The van der Waals surface area contributed by atoms with Gasteiger partial charge < -0.3 is 10.6 Å². The zero-order chi connectivity index (χ0) is 17.1. The lowest BCUT2D eigenvalue weighted by atomic mass is 10.0. The summed E-state index contributed by atoms with van der Waals surface area (Å²) in [5.74, 6) is -0.638. The normalized spacial score (nSPS) is 16.8. The van der Waals surface area contributed by atoms with Gasteiger partial charge in [-0.2, -0.15) is 5.26 Å². The zero-order valence-electron chi connectivity index (χ0n) is 12.9. The van der Waals surface area contributed by atoms with Crippen molar-refractivity contribution in [2.75, 3.05) is 12.3 Å². The van der Waals surface area contributed by atoms with E-state index in [1.54, 1.807) is 17.0 Å². The number of hydrogen-bond donors (Lipinski definition) is 1. The molecule has 0 unspecified atom stereocenters. The van der Waals surface area contributed by atoms with Crippen LogP contribution in [0.1, 0.15) is 40.5 Å². The third kappa shape index (κ3) is 2.91. The minimum absolute atomic E-state index is 0.0234. The standard InChI is InChI=1S/C17H16FN5O/c18-13-10-12(4-3-11(13)5-6-19)14-2-1-9-23(14)17(24)15-16(20)22-8-7-21-15/h3-4,7-8,10,14H,1-2,5,9H2,(H2,20,22)/t14-/m1/s1. The molecule has 1 atom stereocenters. The van der Waals surface area contributed by atoms with Crippen molar-refractivity contribution in [2.45, 2.75) is 25.3 Å². The van der Waals surface area contributed by atoms with Gasteiger partial charge in [0.2, 0.25) is 0 Å². The molecule has 6 nitrogen and oxygen atoms in total. The zero-order valence-corrected chi connectivity index (χ0v) is 12.9. The molecule has 2 N–H and O–H groups in total. The van der Waals surface area contributed by atoms with E-state index >= 15 is 0 Å². The van der Waals surface area contributed by atoms with Crippen molar-refractivity contribution in [3.8, 4) is 6.07 Å². The first-order valence-corrected chi connectivity index (χ1v) is 7.64. The van der Waals surface area contributed by atoms with Crippen LogP contribution in [0.5, 0.6) is 0 Å². The SMILES string of the molecule is N#CCc1ccc([C@H]2CCCN2C(=O)c2nccnc2N)cc1F. The lowest BCUT2D eigenvalue weighted by Crippen LogP contribution is -2.32. The van der Waals surface area contributed by atoms with E-state index in [9.17, 15) is 9.18 Å². The van der Waals surface area contributed by atoms with Crippen molar-refractivity contribution < 1.29 is 9.18 Å². The maximum absolute atomic E-state index is 14.1. The Morgan fingerprint density at radius 1 is 1.42 bits per heavy atom. The van der Waals surface area contributed by atoms with Crippen LogP contribution in [0.2, 0.25) is 0 Å². The second-order valence-electron chi connectivity index (χ2n) is 5.63. The molecule has 1 aromatic heterocycles. The Morgan fingerprint density at radius 3 is 2.92 bits per heavy atom. The molecule has 1 aliphatic heterocycles. The number of aromatic nitrogens is 2. The van der Waals surface area contributed by atoms with Gasteiger partial charge in [0, 0.05) is 24.5 Å². The number of nitrogens with zero attached hydrogens (tertiary/aromatic N) is 4. The van der Waals surface area contributed by atoms with E-state index in [0.717, 1.165) is 12.8 Å². The van der Waals surface area contributed by atoms with Crippen molar-refractivity contribution >= 4 is 11.7 Å². The molecular weight excluding hydrogens is 309 g/mol. The number of halogens is 1. The van der Waals surface area contributed by atoms with E-state index in [-0.39, 0.29) is 29.9 Å². The summed E-state index contributed by atoms with van der Waals surface area (Å²) in [5, 5.41) is 8.70. The largest absolute Gasteiger partial charge is 0.382 e. The second kappa shape index (κ2) is 6.62. The van der Waals surface area contributed by atoms with Crippen LogP contribution in [0.3, 0.4) is 0 Å². The fourth-order valence-electron chi connectivity index (χ4n) is 3.01. The average molecular weight is 325 g/mol. The fraction of sp³-hybridized carbons (Fsp3) is 0.294. The number of benzene rings is 1. The van der Waals surface area contributed by atoms with Gasteiger partial charge in [-0.1, -0.05) is 12.1 Å². The molecular formula is C17H16FN5O. The Morgan fingerprint density at radius 2 is 2.21 bits per heavy atom. The van der Waals surface area contributed by atoms with Gasteiger partial charge in [0.25, 0.3) is 5.91 Å². The van der Waals surface area contributed by atoms with E-state index in [4.69, 9.17) is 11.0 Å². The van der Waals surface area contributed by atoms with Crippen LogP contribution in [0.15, 0.2) is 30.6 Å². The van der Waals surface area contributed by atoms with Gasteiger partial charge in [0.05, 0.1) is 18.5 Å². The van der Waals surface area contributed by atoms with Crippen molar-refractivity contribution in [1.29, 1.82) is 5.26 Å². The van der Waals surface area contributed by atoms with Crippen molar-refractivity contribution in [3.05, 3.63) is 53.2 Å². The monoisotopic (exact) mass is 325 g/mol. The number of nitrogen functional groups attached to an aromatic ring is 1. The number of anilines is 1. The minimum atomic E-state index is -0.424. The van der Waals surface area contributed by atoms with E-state index in [1.165, 1.54) is 18.5 Å². The summed E-state index contributed by atoms with van der Waals surface area (Å²) in [6, 6.07) is 6.48. The minimum Gasteiger partial charge on any atom is -0.382 e. The smallest absolute Gasteiger partial charge is 0.276 e. The molecule has 122 valence electrons. The number of nitrogens with two attached hydrogens (primary N) is 1. The molecule has 3 rings (SSSR count). The number of nitriles is 1. The first-order chi connectivity index (χ1) is 11.6. The van der Waals surface area contributed by atoms with E-state index in [1.807, 2.05) is 6.07 Å². The van der Waals surface area contributed by atoms with E-state index < -0.39 is 5.82 Å². The molecule has 0 saturated carbocycles. The summed E-state index contributed by atoms with van der Waals surface area (Å²) in [6.45, 7) is 0.557. The van der Waals surface area contributed by atoms with Gasteiger partial charge in [-0.3, -0.25) is 4.79 Å². The first kappa shape index (κ1) is 15.9. The number of carbonyl (C=O) groups is 1. The predicted octanol–water partition coefficient (Wildman–Crippen LogP) is 2.24. The van der Waals surface area contributed by atoms with Gasteiger partial charge in [-0.25, -0.2) is 14.4 Å². The molecule has 24 heavy (non-hydrogen) atoms. The Balaban J connectivity index is 1.89. The van der Waals surface area contributed by atoms with E-state index in [2.05, 4.69) is 9.97 Å². The summed E-state index contributed by atoms with van der Waals surface area (Å²) in [6.07, 6.45) is 4.43. The third-order valence-corrected chi connectivity index (χ3v) is 4.17. The van der Waals surface area contributed by atoms with Crippen LogP contribution < -0.4 is 5.73 Å². The molecule has 1 amide bonds. The lowest BCUT2D eigenvalue weighted by Gasteiger charge is -2.25. The molecule has 1 fully saturated rings. The van der Waals surface area contributed by atoms with Gasteiger partial charge >= 0.3 is 0 Å². The maximum atomic E-state index is 14.1. The van der Waals surface area contributed by atoms with Crippen LogP contribution in [0.25, 0.3) is 0 Å². The Hall–Kier alpha value is -3.01. The predicted molar refractivity (Wildman–Crippen MR) is 85.2 cm³/mol. The summed E-state index contributed by atoms with van der Waals surface area (Å²) in [7, 11) is 0. The number of hydrogen-bond acceptors (Lipinski definition) is 5. The topological polar surface area (TPSA) is 95.9 Å². The molecule has 0 bridgehead atoms. The average Bonchev–Trinajstić information content (AvgIpc) is 3.06. The highest BCUT2D eigenvalue weighted by atomic mass is 19.1.